The summed E-state index contributed by atoms with van der Waals surface area (Å²) in [7, 11) is 1.76. The van der Waals surface area contributed by atoms with E-state index in [9.17, 15) is 10.2 Å². The number of nitrogens with zero attached hydrogens (tertiary/aromatic N) is 1. The lowest BCUT2D eigenvalue weighted by molar-refractivity contribution is -1.00. The average molecular weight is 240 g/mol. The second kappa shape index (κ2) is 7.19. The molecule has 1 atom stereocenters. The molecule has 0 spiro atoms. The van der Waals surface area contributed by atoms with Crippen molar-refractivity contribution in [2.24, 2.45) is 0 Å². The molecule has 15 heavy (non-hydrogen) atoms. The third-order valence-electron chi connectivity index (χ3n) is 2.76. The Hall–Kier alpha value is -0.130. The minimum absolute atomic E-state index is 0. The Kier molecular flexibility index (Phi) is 8.28. The van der Waals surface area contributed by atoms with E-state index in [1.807, 2.05) is 6.92 Å². The molecule has 0 aliphatic carbocycles. The average Bonchev–Trinajstić information content (AvgIpc) is 2.14. The van der Waals surface area contributed by atoms with Gasteiger partial charge in [-0.15, -0.1) is 0 Å². The summed E-state index contributed by atoms with van der Waals surface area (Å²) < 4.78 is 0.108. The summed E-state index contributed by atoms with van der Waals surface area (Å²) in [5, 5.41) is 28.4. The van der Waals surface area contributed by atoms with Gasteiger partial charge in [0, 0.05) is 6.61 Å². The monoisotopic (exact) mass is 239 g/mol. The van der Waals surface area contributed by atoms with Crippen LogP contribution in [0, 0.1) is 0 Å². The highest BCUT2D eigenvalue weighted by Gasteiger charge is 2.42. The third kappa shape index (κ3) is 4.49. The molecule has 3 N–H and O–H groups in total. The van der Waals surface area contributed by atoms with Crippen LogP contribution >= 0.6 is 0 Å². The number of aliphatic hydroxyl groups is 3. The summed E-state index contributed by atoms with van der Waals surface area (Å²) >= 11 is 0. The maximum atomic E-state index is 9.86. The van der Waals surface area contributed by atoms with Crippen LogP contribution in [0.1, 0.15) is 19.8 Å². The predicted octanol–water partition coefficient (Wildman–Crippen LogP) is -2.95. The summed E-state index contributed by atoms with van der Waals surface area (Å²) in [5.74, 6) is -1.79. The molecule has 0 amide bonds. The molecule has 0 rings (SSSR count). The van der Waals surface area contributed by atoms with Gasteiger partial charge in [-0.2, -0.15) is 0 Å². The second-order valence-electron chi connectivity index (χ2n) is 3.78. The van der Waals surface area contributed by atoms with E-state index >= 15 is 0 Å². The molecule has 4 nitrogen and oxygen atoms in total. The molecule has 0 radical (unpaired) electrons. The normalized spacial score (nSPS) is 15.3. The van der Waals surface area contributed by atoms with Crippen LogP contribution in [0.2, 0.25) is 0 Å². The fraction of sp³-hybridized carbons (Fsp3) is 0.800. The first kappa shape index (κ1) is 17.3. The largest absolute Gasteiger partial charge is 1.00 e. The van der Waals surface area contributed by atoms with Gasteiger partial charge >= 0.3 is 5.91 Å². The van der Waals surface area contributed by atoms with Crippen LogP contribution in [0.5, 0.6) is 0 Å². The Morgan fingerprint density at radius 3 is 2.27 bits per heavy atom. The van der Waals surface area contributed by atoms with Crippen molar-refractivity contribution in [3.63, 3.8) is 0 Å². The molecule has 0 aromatic heterocycles. The summed E-state index contributed by atoms with van der Waals surface area (Å²) in [6.07, 6.45) is 2.23. The van der Waals surface area contributed by atoms with Gasteiger partial charge in [-0.25, -0.2) is 0 Å². The molecule has 0 aromatic rings. The van der Waals surface area contributed by atoms with Crippen molar-refractivity contribution in [2.75, 3.05) is 26.7 Å². The van der Waals surface area contributed by atoms with E-state index in [-0.39, 0.29) is 29.9 Å². The number of rotatable bonds is 7. The number of aliphatic hydroxyl groups excluding tert-OH is 1. The van der Waals surface area contributed by atoms with Crippen molar-refractivity contribution in [2.45, 2.75) is 25.7 Å². The SMILES string of the molecule is C=CC[N+](C)(CC)C(O)(O)CCCO.[Cl-]. The summed E-state index contributed by atoms with van der Waals surface area (Å²) in [5.41, 5.74) is 0. The van der Waals surface area contributed by atoms with Crippen LogP contribution in [0.4, 0.5) is 0 Å². The first-order chi connectivity index (χ1) is 6.43. The standard InChI is InChI=1S/C10H22NO3.ClH/c1-4-8-11(3,5-2)10(13,14)7-6-9-12;/h4,12-14H,1,5-9H2,2-3H3;1H/q+1;/p-1. The Morgan fingerprint density at radius 1 is 1.40 bits per heavy atom. The zero-order chi connectivity index (χ0) is 11.2. The van der Waals surface area contributed by atoms with Crippen molar-refractivity contribution in [1.82, 2.24) is 0 Å². The van der Waals surface area contributed by atoms with Crippen molar-refractivity contribution >= 4 is 0 Å². The van der Waals surface area contributed by atoms with E-state index in [1.54, 1.807) is 13.1 Å². The minimum Gasteiger partial charge on any atom is -1.00 e. The molecule has 0 fully saturated rings. The van der Waals surface area contributed by atoms with E-state index in [2.05, 4.69) is 6.58 Å². The van der Waals surface area contributed by atoms with Gasteiger partial charge in [0.05, 0.1) is 20.0 Å². The van der Waals surface area contributed by atoms with Gasteiger partial charge in [-0.3, -0.25) is 4.48 Å². The van der Waals surface area contributed by atoms with Crippen LogP contribution in [0.25, 0.3) is 0 Å². The van der Waals surface area contributed by atoms with Crippen molar-refractivity contribution in [1.29, 1.82) is 0 Å². The second-order valence-corrected chi connectivity index (χ2v) is 3.78. The molecule has 0 saturated heterocycles. The molecule has 1 unspecified atom stereocenters. The van der Waals surface area contributed by atoms with Gasteiger partial charge in [-0.1, -0.05) is 6.58 Å². The van der Waals surface area contributed by atoms with Gasteiger partial charge in [0.25, 0.3) is 0 Å². The first-order valence-corrected chi connectivity index (χ1v) is 4.94. The highest BCUT2D eigenvalue weighted by molar-refractivity contribution is 4.67. The third-order valence-corrected chi connectivity index (χ3v) is 2.76. The van der Waals surface area contributed by atoms with Crippen LogP contribution in [-0.4, -0.2) is 52.5 Å². The molecule has 0 aliphatic heterocycles. The predicted molar refractivity (Wildman–Crippen MR) is 55.3 cm³/mol. The Morgan fingerprint density at radius 2 is 1.93 bits per heavy atom. The van der Waals surface area contributed by atoms with Crippen LogP contribution in [0.15, 0.2) is 12.7 Å². The number of hydrogen-bond donors (Lipinski definition) is 3. The van der Waals surface area contributed by atoms with Gasteiger partial charge < -0.3 is 27.7 Å². The van der Waals surface area contributed by atoms with Crippen LogP contribution in [-0.2, 0) is 0 Å². The molecule has 0 aliphatic rings. The lowest BCUT2D eigenvalue weighted by atomic mass is 10.2. The Labute approximate surface area is 97.8 Å². The Bertz CT molecular complexity index is 188. The van der Waals surface area contributed by atoms with E-state index in [1.165, 1.54) is 0 Å². The molecule has 0 aromatic carbocycles. The molecule has 0 saturated carbocycles. The van der Waals surface area contributed by atoms with E-state index in [4.69, 9.17) is 5.11 Å². The van der Waals surface area contributed by atoms with Crippen molar-refractivity contribution in [3.8, 4) is 0 Å². The topological polar surface area (TPSA) is 60.7 Å². The lowest BCUT2D eigenvalue weighted by Gasteiger charge is -2.42. The zero-order valence-electron chi connectivity index (χ0n) is 9.49. The quantitative estimate of drug-likeness (QED) is 0.253. The molecule has 92 valence electrons. The van der Waals surface area contributed by atoms with Crippen LogP contribution < -0.4 is 12.4 Å². The minimum atomic E-state index is -1.79. The van der Waals surface area contributed by atoms with Gasteiger partial charge in [0.15, 0.2) is 0 Å². The molecular weight excluding hydrogens is 218 g/mol. The smallest absolute Gasteiger partial charge is 0.314 e. The molecule has 5 heteroatoms. The van der Waals surface area contributed by atoms with E-state index in [0.29, 0.717) is 19.5 Å². The highest BCUT2D eigenvalue weighted by atomic mass is 35.5. The Balaban J connectivity index is 0. The summed E-state index contributed by atoms with van der Waals surface area (Å²) in [4.78, 5) is 0. The molecule has 0 bridgehead atoms. The number of likely N-dealkylation sites (N-methyl/N-ethyl adjacent to an activating group) is 1. The molecular formula is C10H22ClNO3. The number of hydrogen-bond acceptors (Lipinski definition) is 3. The van der Waals surface area contributed by atoms with E-state index < -0.39 is 5.91 Å². The molecule has 0 heterocycles. The van der Waals surface area contributed by atoms with Gasteiger partial charge in [-0.05, 0) is 19.4 Å². The number of quaternary nitrogens is 1. The van der Waals surface area contributed by atoms with Gasteiger partial charge in [0.2, 0.25) is 0 Å². The summed E-state index contributed by atoms with van der Waals surface area (Å²) in [6, 6.07) is 0. The fourth-order valence-electron chi connectivity index (χ4n) is 1.40. The maximum Gasteiger partial charge on any atom is 0.314 e. The highest BCUT2D eigenvalue weighted by Crippen LogP contribution is 2.22. The van der Waals surface area contributed by atoms with E-state index in [0.717, 1.165) is 0 Å². The van der Waals surface area contributed by atoms with Crippen molar-refractivity contribution < 1.29 is 32.2 Å². The lowest BCUT2D eigenvalue weighted by Crippen LogP contribution is -3.00. The number of halogens is 1. The maximum absolute atomic E-state index is 9.86. The van der Waals surface area contributed by atoms with Crippen LogP contribution in [0.3, 0.4) is 0 Å². The van der Waals surface area contributed by atoms with Crippen molar-refractivity contribution in [3.05, 3.63) is 12.7 Å². The zero-order valence-corrected chi connectivity index (χ0v) is 10.2. The van der Waals surface area contributed by atoms with Gasteiger partial charge in [0.1, 0.15) is 6.54 Å². The summed E-state index contributed by atoms with van der Waals surface area (Å²) in [6.45, 7) is 6.56. The fourth-order valence-corrected chi connectivity index (χ4v) is 1.40. The first-order valence-electron chi connectivity index (χ1n) is 4.94.